The Kier molecular flexibility index (Phi) is 4.52. The molecule has 2 aromatic heterocycles. The molecule has 0 fully saturated rings. The van der Waals surface area contributed by atoms with Crippen molar-refractivity contribution in [3.8, 4) is 0 Å². The van der Waals surface area contributed by atoms with Crippen molar-refractivity contribution in [1.29, 1.82) is 0 Å². The number of likely N-dealkylation sites (N-methyl/N-ethyl adjacent to an activating group) is 1. The Hall–Kier alpha value is -2.02. The number of hydrogen-bond donors (Lipinski definition) is 1. The van der Waals surface area contributed by atoms with Gasteiger partial charge in [-0.25, -0.2) is 9.50 Å². The largest absolute Gasteiger partial charge is 0.392 e. The average Bonchev–Trinajstić information content (AvgIpc) is 2.85. The van der Waals surface area contributed by atoms with E-state index < -0.39 is 6.10 Å². The average molecular weight is 291 g/mol. The minimum Gasteiger partial charge on any atom is -0.392 e. The minimum atomic E-state index is -0.518. The molecule has 2 rings (SSSR count). The monoisotopic (exact) mass is 291 g/mol. The summed E-state index contributed by atoms with van der Waals surface area (Å²) < 4.78 is 1.69. The molecule has 0 aromatic carbocycles. The first-order valence-electron chi connectivity index (χ1n) is 6.98. The van der Waals surface area contributed by atoms with E-state index in [9.17, 15) is 9.90 Å². The molecular weight excluding hydrogens is 270 g/mol. The third kappa shape index (κ3) is 3.36. The summed E-state index contributed by atoms with van der Waals surface area (Å²) in [7, 11) is 1.70. The fourth-order valence-corrected chi connectivity index (χ4v) is 2.44. The van der Waals surface area contributed by atoms with Crippen LogP contribution in [0.3, 0.4) is 0 Å². The highest BCUT2D eigenvalue weighted by Gasteiger charge is 2.15. The van der Waals surface area contributed by atoms with Gasteiger partial charge in [-0.1, -0.05) is 0 Å². The maximum Gasteiger partial charge on any atom is 0.252 e. The van der Waals surface area contributed by atoms with Gasteiger partial charge in [0.1, 0.15) is 6.33 Å². The van der Waals surface area contributed by atoms with Crippen molar-refractivity contribution in [2.45, 2.75) is 39.7 Å². The van der Waals surface area contributed by atoms with Gasteiger partial charge in [0.15, 0.2) is 0 Å². The fraction of sp³-hybridized carbons (Fsp3) is 0.571. The lowest BCUT2D eigenvalue weighted by molar-refractivity contribution is -0.131. The van der Waals surface area contributed by atoms with Crippen molar-refractivity contribution < 1.29 is 9.90 Å². The van der Waals surface area contributed by atoms with Gasteiger partial charge in [-0.2, -0.15) is 10.1 Å². The van der Waals surface area contributed by atoms with Crippen LogP contribution in [0.25, 0.3) is 5.78 Å². The maximum atomic E-state index is 12.0. The second-order valence-corrected chi connectivity index (χ2v) is 5.36. The van der Waals surface area contributed by atoms with Gasteiger partial charge < -0.3 is 10.0 Å². The van der Waals surface area contributed by atoms with Gasteiger partial charge in [-0.3, -0.25) is 4.79 Å². The van der Waals surface area contributed by atoms with Crippen LogP contribution in [0.1, 0.15) is 30.3 Å². The topological polar surface area (TPSA) is 83.6 Å². The summed E-state index contributed by atoms with van der Waals surface area (Å²) in [5.41, 5.74) is 2.85. The first kappa shape index (κ1) is 15.4. The number of aliphatic hydroxyl groups is 1. The molecule has 1 unspecified atom stereocenters. The molecule has 7 nitrogen and oxygen atoms in total. The molecule has 0 radical (unpaired) electrons. The Balaban J connectivity index is 2.11. The number of nitrogens with zero attached hydrogens (tertiary/aromatic N) is 5. The van der Waals surface area contributed by atoms with Gasteiger partial charge in [0.05, 0.1) is 6.10 Å². The number of aryl methyl sites for hydroxylation is 2. The zero-order valence-electron chi connectivity index (χ0n) is 12.9. The molecule has 0 aliphatic carbocycles. The number of hydrogen-bond acceptors (Lipinski definition) is 5. The van der Waals surface area contributed by atoms with Crippen LogP contribution in [0.4, 0.5) is 0 Å². The fourth-order valence-electron chi connectivity index (χ4n) is 2.44. The zero-order chi connectivity index (χ0) is 15.6. The molecule has 0 aliphatic heterocycles. The van der Waals surface area contributed by atoms with Gasteiger partial charge in [0.2, 0.25) is 5.91 Å². The van der Waals surface area contributed by atoms with E-state index in [0.717, 1.165) is 17.0 Å². The van der Waals surface area contributed by atoms with Crippen molar-refractivity contribution >= 4 is 11.7 Å². The van der Waals surface area contributed by atoms with Crippen LogP contribution in [-0.2, 0) is 11.2 Å². The molecule has 2 aromatic rings. The molecule has 114 valence electrons. The summed E-state index contributed by atoms with van der Waals surface area (Å²) in [6, 6.07) is 0. The second-order valence-electron chi connectivity index (χ2n) is 5.36. The summed E-state index contributed by atoms with van der Waals surface area (Å²) in [4.78, 5) is 22.1. The summed E-state index contributed by atoms with van der Waals surface area (Å²) >= 11 is 0. The van der Waals surface area contributed by atoms with Crippen LogP contribution in [0, 0.1) is 13.8 Å². The Morgan fingerprint density at radius 2 is 2.19 bits per heavy atom. The predicted octanol–water partition coefficient (Wildman–Crippen LogP) is 0.513. The quantitative estimate of drug-likeness (QED) is 0.868. The molecular formula is C14H21N5O2. The summed E-state index contributed by atoms with van der Waals surface area (Å²) in [5, 5.41) is 13.5. The molecule has 0 saturated carbocycles. The number of carbonyl (C=O) groups is 1. The highest BCUT2D eigenvalue weighted by Crippen LogP contribution is 2.15. The summed E-state index contributed by atoms with van der Waals surface area (Å²) in [6.07, 6.45) is 1.94. The predicted molar refractivity (Wildman–Crippen MR) is 77.9 cm³/mol. The number of carbonyl (C=O) groups excluding carboxylic acids is 1. The van der Waals surface area contributed by atoms with Gasteiger partial charge in [-0.05, 0) is 32.8 Å². The lowest BCUT2D eigenvalue weighted by Gasteiger charge is -2.19. The minimum absolute atomic E-state index is 0.00777. The van der Waals surface area contributed by atoms with E-state index in [-0.39, 0.29) is 5.91 Å². The van der Waals surface area contributed by atoms with Gasteiger partial charge in [0.25, 0.3) is 5.78 Å². The van der Waals surface area contributed by atoms with Crippen LogP contribution in [0.2, 0.25) is 0 Å². The Bertz CT molecular complexity index is 650. The van der Waals surface area contributed by atoms with Crippen molar-refractivity contribution in [2.75, 3.05) is 13.6 Å². The molecule has 1 atom stereocenters. The number of rotatable bonds is 5. The Labute approximate surface area is 123 Å². The highest BCUT2D eigenvalue weighted by atomic mass is 16.3. The number of aromatic nitrogens is 4. The van der Waals surface area contributed by atoms with Crippen molar-refractivity contribution in [2.24, 2.45) is 0 Å². The molecule has 7 heteroatoms. The van der Waals surface area contributed by atoms with E-state index in [1.165, 1.54) is 6.33 Å². The normalized spacial score (nSPS) is 12.6. The van der Waals surface area contributed by atoms with Crippen LogP contribution in [-0.4, -0.2) is 55.2 Å². The van der Waals surface area contributed by atoms with Gasteiger partial charge in [0, 0.05) is 31.4 Å². The van der Waals surface area contributed by atoms with E-state index in [1.807, 2.05) is 13.8 Å². The summed E-state index contributed by atoms with van der Waals surface area (Å²) in [6.45, 7) is 5.88. The van der Waals surface area contributed by atoms with Crippen molar-refractivity contribution in [3.05, 3.63) is 23.3 Å². The molecule has 2 heterocycles. The third-order valence-electron chi connectivity index (χ3n) is 3.54. The highest BCUT2D eigenvalue weighted by molar-refractivity contribution is 5.76. The van der Waals surface area contributed by atoms with Crippen LogP contribution in [0.5, 0.6) is 0 Å². The van der Waals surface area contributed by atoms with Crippen LogP contribution >= 0.6 is 0 Å². The summed E-state index contributed by atoms with van der Waals surface area (Å²) in [5.74, 6) is 0.583. The van der Waals surface area contributed by atoms with Gasteiger partial charge >= 0.3 is 0 Å². The van der Waals surface area contributed by atoms with E-state index in [2.05, 4.69) is 15.1 Å². The lowest BCUT2D eigenvalue weighted by Crippen LogP contribution is -2.33. The standard InChI is InChI=1S/C14H21N5O2/c1-9(20)7-18(4)13(21)6-5-12-10(2)17-14-15-8-16-19(14)11(12)3/h8-9,20H,5-7H2,1-4H3. The first-order chi connectivity index (χ1) is 9.90. The van der Waals surface area contributed by atoms with Gasteiger partial charge in [-0.15, -0.1) is 0 Å². The maximum absolute atomic E-state index is 12.0. The molecule has 1 N–H and O–H groups in total. The van der Waals surface area contributed by atoms with E-state index >= 15 is 0 Å². The third-order valence-corrected chi connectivity index (χ3v) is 3.54. The van der Waals surface area contributed by atoms with Crippen LogP contribution in [0.15, 0.2) is 6.33 Å². The molecule has 21 heavy (non-hydrogen) atoms. The Morgan fingerprint density at radius 3 is 2.86 bits per heavy atom. The molecule has 1 amide bonds. The van der Waals surface area contributed by atoms with E-state index in [1.54, 1.807) is 23.4 Å². The van der Waals surface area contributed by atoms with E-state index in [4.69, 9.17) is 0 Å². The molecule has 0 saturated heterocycles. The van der Waals surface area contributed by atoms with Crippen LogP contribution < -0.4 is 0 Å². The van der Waals surface area contributed by atoms with Crippen molar-refractivity contribution in [3.63, 3.8) is 0 Å². The number of fused-ring (bicyclic) bond motifs is 1. The smallest absolute Gasteiger partial charge is 0.252 e. The number of aliphatic hydroxyl groups excluding tert-OH is 1. The first-order valence-corrected chi connectivity index (χ1v) is 6.98. The second kappa shape index (κ2) is 6.17. The Morgan fingerprint density at radius 1 is 1.48 bits per heavy atom. The van der Waals surface area contributed by atoms with Crippen molar-refractivity contribution in [1.82, 2.24) is 24.5 Å². The molecule has 0 aliphatic rings. The molecule has 0 bridgehead atoms. The number of amides is 1. The SMILES string of the molecule is Cc1nc2ncnn2c(C)c1CCC(=O)N(C)CC(C)O. The lowest BCUT2D eigenvalue weighted by atomic mass is 10.1. The van der Waals surface area contributed by atoms with E-state index in [0.29, 0.717) is 25.2 Å². The molecule has 0 spiro atoms. The zero-order valence-corrected chi connectivity index (χ0v) is 12.9.